The van der Waals surface area contributed by atoms with Gasteiger partial charge in [0, 0.05) is 23.1 Å². The van der Waals surface area contributed by atoms with E-state index in [-0.39, 0.29) is 24.4 Å². The number of anilines is 1. The van der Waals surface area contributed by atoms with Gasteiger partial charge in [0.2, 0.25) is 5.91 Å². The van der Waals surface area contributed by atoms with Crippen LogP contribution in [0, 0.1) is 20.8 Å². The summed E-state index contributed by atoms with van der Waals surface area (Å²) in [6.07, 6.45) is 1.70. The van der Waals surface area contributed by atoms with Crippen LogP contribution in [-0.4, -0.2) is 15.5 Å². The molecule has 5 nitrogen and oxygen atoms in total. The van der Waals surface area contributed by atoms with Gasteiger partial charge in [0.25, 0.3) is 5.56 Å². The molecule has 0 aliphatic rings. The molecule has 1 heterocycles. The molecule has 0 saturated heterocycles. The van der Waals surface area contributed by atoms with E-state index >= 15 is 0 Å². The first-order valence-corrected chi connectivity index (χ1v) is 9.17. The molecule has 1 N–H and O–H groups in total. The Morgan fingerprint density at radius 1 is 1.15 bits per heavy atom. The Bertz CT molecular complexity index is 1030. The number of halogens is 1. The Morgan fingerprint density at radius 3 is 2.54 bits per heavy atom. The second kappa shape index (κ2) is 7.41. The van der Waals surface area contributed by atoms with E-state index in [4.69, 9.17) is 0 Å². The van der Waals surface area contributed by atoms with E-state index in [2.05, 4.69) is 26.2 Å². The van der Waals surface area contributed by atoms with Crippen molar-refractivity contribution in [3.63, 3.8) is 0 Å². The zero-order chi connectivity index (χ0) is 18.8. The molecule has 3 rings (SSSR count). The monoisotopic (exact) mass is 413 g/mol. The lowest BCUT2D eigenvalue weighted by molar-refractivity contribution is -0.116. The summed E-state index contributed by atoms with van der Waals surface area (Å²) in [4.78, 5) is 29.2. The second-order valence-electron chi connectivity index (χ2n) is 6.48. The molecule has 0 saturated carbocycles. The molecule has 6 heteroatoms. The van der Waals surface area contributed by atoms with E-state index in [1.54, 1.807) is 12.1 Å². The third kappa shape index (κ3) is 3.85. The van der Waals surface area contributed by atoms with Crippen LogP contribution in [0.5, 0.6) is 0 Å². The van der Waals surface area contributed by atoms with Crippen molar-refractivity contribution in [1.82, 2.24) is 9.55 Å². The van der Waals surface area contributed by atoms with Crippen molar-refractivity contribution in [2.24, 2.45) is 0 Å². The normalized spacial score (nSPS) is 10.9. The molecule has 0 unspecified atom stereocenters. The predicted octanol–water partition coefficient (Wildman–Crippen LogP) is 4.11. The topological polar surface area (TPSA) is 64.0 Å². The van der Waals surface area contributed by atoms with Gasteiger partial charge in [0.1, 0.15) is 0 Å². The molecule has 1 aromatic heterocycles. The number of hydrogen-bond acceptors (Lipinski definition) is 3. The Morgan fingerprint density at radius 2 is 1.85 bits per heavy atom. The summed E-state index contributed by atoms with van der Waals surface area (Å²) >= 11 is 3.37. The molecule has 0 radical (unpaired) electrons. The number of aryl methyl sites for hydroxylation is 4. The number of nitrogens with one attached hydrogen (secondary N) is 1. The third-order valence-corrected chi connectivity index (χ3v) is 4.80. The molecular formula is C20H20BrN3O2. The van der Waals surface area contributed by atoms with E-state index in [0.29, 0.717) is 10.9 Å². The van der Waals surface area contributed by atoms with Crippen LogP contribution >= 0.6 is 15.9 Å². The number of benzene rings is 2. The quantitative estimate of drug-likeness (QED) is 0.699. The van der Waals surface area contributed by atoms with Crippen molar-refractivity contribution < 1.29 is 4.79 Å². The Labute approximate surface area is 160 Å². The van der Waals surface area contributed by atoms with Crippen molar-refractivity contribution in [2.75, 3.05) is 5.32 Å². The molecule has 0 bridgehead atoms. The largest absolute Gasteiger partial charge is 0.326 e. The second-order valence-corrected chi connectivity index (χ2v) is 7.39. The van der Waals surface area contributed by atoms with Gasteiger partial charge in [-0.05, 0) is 50.1 Å². The number of carbonyl (C=O) groups is 1. The highest BCUT2D eigenvalue weighted by atomic mass is 79.9. The maximum absolute atomic E-state index is 12.6. The fourth-order valence-electron chi connectivity index (χ4n) is 3.09. The molecule has 2 aromatic carbocycles. The lowest BCUT2D eigenvalue weighted by atomic mass is 10.1. The average Bonchev–Trinajstić information content (AvgIpc) is 2.58. The summed E-state index contributed by atoms with van der Waals surface area (Å²) in [6, 6.07) is 9.47. The number of aromatic nitrogens is 2. The summed E-state index contributed by atoms with van der Waals surface area (Å²) in [7, 11) is 0. The van der Waals surface area contributed by atoms with Crippen LogP contribution in [0.4, 0.5) is 5.69 Å². The Hall–Kier alpha value is -2.47. The number of carbonyl (C=O) groups excluding carboxylic acids is 1. The number of rotatable bonds is 4. The zero-order valence-corrected chi connectivity index (χ0v) is 16.6. The molecular weight excluding hydrogens is 394 g/mol. The minimum absolute atomic E-state index is 0.124. The average molecular weight is 414 g/mol. The van der Waals surface area contributed by atoms with E-state index in [1.807, 2.05) is 39.0 Å². The van der Waals surface area contributed by atoms with Crippen molar-refractivity contribution in [3.8, 4) is 0 Å². The Kier molecular flexibility index (Phi) is 5.23. The zero-order valence-electron chi connectivity index (χ0n) is 15.0. The highest BCUT2D eigenvalue weighted by molar-refractivity contribution is 9.10. The lowest BCUT2D eigenvalue weighted by Crippen LogP contribution is -2.24. The van der Waals surface area contributed by atoms with E-state index in [1.165, 1.54) is 10.9 Å². The summed E-state index contributed by atoms with van der Waals surface area (Å²) in [5.41, 5.74) is 4.57. The van der Waals surface area contributed by atoms with Crippen LogP contribution in [-0.2, 0) is 11.3 Å². The molecule has 1 amide bonds. The first-order chi connectivity index (χ1) is 12.3. The highest BCUT2D eigenvalue weighted by Gasteiger charge is 2.10. The standard InChI is InChI=1S/C20H20BrN3O2/c1-12-8-13(2)19(14(3)9-12)23-18(25)6-7-24-11-22-17-5-4-15(21)10-16(17)20(24)26/h4-5,8-11H,6-7H2,1-3H3,(H,23,25). The summed E-state index contributed by atoms with van der Waals surface area (Å²) in [5.74, 6) is -0.124. The number of amides is 1. The van der Waals surface area contributed by atoms with Crippen molar-refractivity contribution >= 4 is 38.4 Å². The number of fused-ring (bicyclic) bond motifs is 1. The van der Waals surface area contributed by atoms with Gasteiger partial charge in [-0.15, -0.1) is 0 Å². The summed E-state index contributed by atoms with van der Waals surface area (Å²) in [6.45, 7) is 6.27. The lowest BCUT2D eigenvalue weighted by Gasteiger charge is -2.13. The van der Waals surface area contributed by atoms with Crippen LogP contribution in [0.1, 0.15) is 23.1 Å². The maximum Gasteiger partial charge on any atom is 0.261 e. The summed E-state index contributed by atoms with van der Waals surface area (Å²) < 4.78 is 2.30. The maximum atomic E-state index is 12.6. The molecule has 3 aromatic rings. The minimum Gasteiger partial charge on any atom is -0.326 e. The first kappa shape index (κ1) is 18.3. The van der Waals surface area contributed by atoms with Crippen molar-refractivity contribution in [1.29, 1.82) is 0 Å². The van der Waals surface area contributed by atoms with Gasteiger partial charge in [-0.25, -0.2) is 4.98 Å². The smallest absolute Gasteiger partial charge is 0.261 e. The number of nitrogens with zero attached hydrogens (tertiary/aromatic N) is 2. The molecule has 0 aliphatic heterocycles. The van der Waals surface area contributed by atoms with Crippen LogP contribution < -0.4 is 10.9 Å². The molecule has 0 aliphatic carbocycles. The van der Waals surface area contributed by atoms with Gasteiger partial charge in [0.05, 0.1) is 17.2 Å². The Balaban J connectivity index is 1.75. The predicted molar refractivity (Wildman–Crippen MR) is 108 cm³/mol. The van der Waals surface area contributed by atoms with Gasteiger partial charge in [0.15, 0.2) is 0 Å². The molecule has 134 valence electrons. The van der Waals surface area contributed by atoms with Crippen LogP contribution in [0.25, 0.3) is 10.9 Å². The van der Waals surface area contributed by atoms with Gasteiger partial charge in [-0.1, -0.05) is 33.6 Å². The van der Waals surface area contributed by atoms with Crippen molar-refractivity contribution in [3.05, 3.63) is 68.2 Å². The highest BCUT2D eigenvalue weighted by Crippen LogP contribution is 2.22. The van der Waals surface area contributed by atoms with Crippen LogP contribution in [0.2, 0.25) is 0 Å². The SMILES string of the molecule is Cc1cc(C)c(NC(=O)CCn2cnc3ccc(Br)cc3c2=O)c(C)c1. The number of hydrogen-bond donors (Lipinski definition) is 1. The van der Waals surface area contributed by atoms with E-state index in [0.717, 1.165) is 26.9 Å². The van der Waals surface area contributed by atoms with Crippen LogP contribution in [0.15, 0.2) is 45.9 Å². The van der Waals surface area contributed by atoms with E-state index < -0.39 is 0 Å². The minimum atomic E-state index is -0.146. The fraction of sp³-hybridized carbons (Fsp3) is 0.250. The van der Waals surface area contributed by atoms with Gasteiger partial charge >= 0.3 is 0 Å². The molecule has 0 atom stereocenters. The third-order valence-electron chi connectivity index (χ3n) is 4.31. The van der Waals surface area contributed by atoms with Gasteiger partial charge < -0.3 is 5.32 Å². The van der Waals surface area contributed by atoms with Crippen LogP contribution in [0.3, 0.4) is 0 Å². The van der Waals surface area contributed by atoms with Crippen molar-refractivity contribution in [2.45, 2.75) is 33.7 Å². The molecule has 0 fully saturated rings. The summed E-state index contributed by atoms with van der Waals surface area (Å²) in [5, 5.41) is 3.49. The molecule has 0 spiro atoms. The first-order valence-electron chi connectivity index (χ1n) is 8.37. The van der Waals surface area contributed by atoms with Gasteiger partial charge in [-0.2, -0.15) is 0 Å². The molecule has 26 heavy (non-hydrogen) atoms. The van der Waals surface area contributed by atoms with Gasteiger partial charge in [-0.3, -0.25) is 14.2 Å². The fourth-order valence-corrected chi connectivity index (χ4v) is 3.45. The van der Waals surface area contributed by atoms with E-state index in [9.17, 15) is 9.59 Å².